The number of carbonyl (C=O) groups excluding carboxylic acids is 1. The van der Waals surface area contributed by atoms with Crippen LogP contribution in [-0.4, -0.2) is 50.0 Å². The zero-order chi connectivity index (χ0) is 15.6. The van der Waals surface area contributed by atoms with Crippen LogP contribution in [0.2, 0.25) is 0 Å². The number of fused-ring (bicyclic) bond motifs is 1. The number of aliphatic hydroxyl groups excluding tert-OH is 2. The van der Waals surface area contributed by atoms with E-state index in [1.165, 1.54) is 10.9 Å². The minimum absolute atomic E-state index is 0.0629. The molecule has 0 saturated carbocycles. The minimum Gasteiger partial charge on any atom is -0.394 e. The van der Waals surface area contributed by atoms with Crippen molar-refractivity contribution < 1.29 is 19.7 Å². The van der Waals surface area contributed by atoms with E-state index in [4.69, 9.17) is 26.4 Å². The first-order valence-corrected chi connectivity index (χ1v) is 6.71. The van der Waals surface area contributed by atoms with Gasteiger partial charge in [-0.25, -0.2) is 9.97 Å². The molecule has 21 heavy (non-hydrogen) atoms. The van der Waals surface area contributed by atoms with Crippen molar-refractivity contribution in [1.82, 2.24) is 14.5 Å². The molecule has 0 fully saturated rings. The molecule has 2 aromatic heterocycles. The van der Waals surface area contributed by atoms with Crippen molar-refractivity contribution >= 4 is 38.7 Å². The predicted octanol–water partition coefficient (Wildman–Crippen LogP) is -0.798. The van der Waals surface area contributed by atoms with Crippen molar-refractivity contribution in [3.05, 3.63) is 16.5 Å². The smallest absolute Gasteiger partial charge is 0.252 e. The molecular formula is C11H14BrN5O4. The maximum atomic E-state index is 11.6. The highest BCUT2D eigenvalue weighted by Gasteiger charge is 2.23. The van der Waals surface area contributed by atoms with Gasteiger partial charge >= 0.3 is 0 Å². The molecule has 0 atom stereocenters. The number of nitrogen functional groups attached to an aromatic ring is 1. The van der Waals surface area contributed by atoms with Gasteiger partial charge in [0, 0.05) is 0 Å². The summed E-state index contributed by atoms with van der Waals surface area (Å²) >= 11 is 3.26. The number of amides is 1. The number of halogens is 1. The normalized spacial score (nSPS) is 11.4. The molecule has 2 rings (SSSR count). The number of aliphatic hydroxyl groups is 2. The summed E-state index contributed by atoms with van der Waals surface area (Å²) in [7, 11) is 0. The molecule has 0 aliphatic rings. The fourth-order valence-corrected chi connectivity index (χ4v) is 2.51. The molecule has 9 nitrogen and oxygen atoms in total. The third-order valence-corrected chi connectivity index (χ3v) is 3.72. The van der Waals surface area contributed by atoms with Gasteiger partial charge in [0.2, 0.25) is 0 Å². The summed E-state index contributed by atoms with van der Waals surface area (Å²) in [6.07, 6.45) is 0.506. The van der Waals surface area contributed by atoms with Gasteiger partial charge in [0.25, 0.3) is 5.91 Å². The maximum Gasteiger partial charge on any atom is 0.252 e. The van der Waals surface area contributed by atoms with Crippen LogP contribution in [0.15, 0.2) is 10.9 Å². The van der Waals surface area contributed by atoms with Crippen LogP contribution in [0.25, 0.3) is 11.0 Å². The molecule has 114 valence electrons. The third-order valence-electron chi connectivity index (χ3n) is 2.90. The molecule has 0 saturated heterocycles. The SMILES string of the molecule is NC(=O)c1c(Br)n(COC(CO)CO)c2ncnc(N)c12. The lowest BCUT2D eigenvalue weighted by molar-refractivity contribution is -0.0493. The van der Waals surface area contributed by atoms with Gasteiger partial charge < -0.3 is 26.4 Å². The fraction of sp³-hybridized carbons (Fsp3) is 0.364. The van der Waals surface area contributed by atoms with Crippen molar-refractivity contribution in [1.29, 1.82) is 0 Å². The number of nitrogens with zero attached hydrogens (tertiary/aromatic N) is 3. The van der Waals surface area contributed by atoms with Crippen molar-refractivity contribution in [3.8, 4) is 0 Å². The molecule has 0 aromatic carbocycles. The number of ether oxygens (including phenoxy) is 1. The van der Waals surface area contributed by atoms with E-state index in [2.05, 4.69) is 25.9 Å². The van der Waals surface area contributed by atoms with E-state index in [1.807, 2.05) is 0 Å². The molecule has 2 heterocycles. The quantitative estimate of drug-likeness (QED) is 0.527. The number of hydrogen-bond acceptors (Lipinski definition) is 7. The Morgan fingerprint density at radius 3 is 2.67 bits per heavy atom. The van der Waals surface area contributed by atoms with Crippen molar-refractivity contribution in [2.75, 3.05) is 18.9 Å². The number of rotatable bonds is 6. The first-order valence-electron chi connectivity index (χ1n) is 5.92. The largest absolute Gasteiger partial charge is 0.394 e. The van der Waals surface area contributed by atoms with Crippen molar-refractivity contribution in [2.45, 2.75) is 12.8 Å². The number of aromatic nitrogens is 3. The van der Waals surface area contributed by atoms with Crippen LogP contribution in [0.4, 0.5) is 5.82 Å². The van der Waals surface area contributed by atoms with Gasteiger partial charge in [-0.3, -0.25) is 9.36 Å². The fourth-order valence-electron chi connectivity index (χ4n) is 1.85. The summed E-state index contributed by atoms with van der Waals surface area (Å²) in [6, 6.07) is 0. The molecule has 0 aliphatic carbocycles. The van der Waals surface area contributed by atoms with E-state index < -0.39 is 12.0 Å². The molecule has 0 bridgehead atoms. The van der Waals surface area contributed by atoms with Gasteiger partial charge in [-0.05, 0) is 15.9 Å². The second kappa shape index (κ2) is 6.35. The van der Waals surface area contributed by atoms with Gasteiger partial charge in [-0.1, -0.05) is 0 Å². The van der Waals surface area contributed by atoms with Crippen LogP contribution in [0.3, 0.4) is 0 Å². The van der Waals surface area contributed by atoms with Crippen LogP contribution in [-0.2, 0) is 11.5 Å². The first-order chi connectivity index (χ1) is 10.0. The molecule has 2 aromatic rings. The Balaban J connectivity index is 2.51. The Labute approximate surface area is 127 Å². The van der Waals surface area contributed by atoms with Gasteiger partial charge in [-0.2, -0.15) is 0 Å². The van der Waals surface area contributed by atoms with E-state index in [9.17, 15) is 4.79 Å². The van der Waals surface area contributed by atoms with E-state index in [0.29, 0.717) is 15.6 Å². The number of nitrogens with two attached hydrogens (primary N) is 2. The average Bonchev–Trinajstić information content (AvgIpc) is 2.74. The van der Waals surface area contributed by atoms with Crippen LogP contribution < -0.4 is 11.5 Å². The van der Waals surface area contributed by atoms with Crippen LogP contribution in [0.5, 0.6) is 0 Å². The van der Waals surface area contributed by atoms with Crippen molar-refractivity contribution in [2.24, 2.45) is 5.73 Å². The lowest BCUT2D eigenvalue weighted by atomic mass is 10.2. The Morgan fingerprint density at radius 1 is 1.43 bits per heavy atom. The lowest BCUT2D eigenvalue weighted by Crippen LogP contribution is -2.23. The number of hydrogen-bond donors (Lipinski definition) is 4. The molecule has 1 amide bonds. The topological polar surface area (TPSA) is 150 Å². The summed E-state index contributed by atoms with van der Waals surface area (Å²) in [5.41, 5.74) is 11.6. The molecule has 0 unspecified atom stereocenters. The third kappa shape index (κ3) is 2.83. The second-order valence-electron chi connectivity index (χ2n) is 4.20. The van der Waals surface area contributed by atoms with E-state index in [-0.39, 0.29) is 31.3 Å². The molecule has 10 heteroatoms. The van der Waals surface area contributed by atoms with Gasteiger partial charge in [0.05, 0.1) is 24.2 Å². The highest BCUT2D eigenvalue weighted by Crippen LogP contribution is 2.31. The predicted molar refractivity (Wildman–Crippen MR) is 77.2 cm³/mol. The molecule has 6 N–H and O–H groups in total. The zero-order valence-corrected chi connectivity index (χ0v) is 12.4. The van der Waals surface area contributed by atoms with Crippen LogP contribution >= 0.6 is 15.9 Å². The van der Waals surface area contributed by atoms with Gasteiger partial charge in [-0.15, -0.1) is 0 Å². The summed E-state index contributed by atoms with van der Waals surface area (Å²) in [5.74, 6) is -0.567. The summed E-state index contributed by atoms with van der Waals surface area (Å²) in [4.78, 5) is 19.5. The zero-order valence-electron chi connectivity index (χ0n) is 10.9. The first kappa shape index (κ1) is 15.6. The maximum absolute atomic E-state index is 11.6. The molecule has 0 aliphatic heterocycles. The second-order valence-corrected chi connectivity index (χ2v) is 4.95. The molecule has 0 spiro atoms. The lowest BCUT2D eigenvalue weighted by Gasteiger charge is -2.14. The Morgan fingerprint density at radius 2 is 2.10 bits per heavy atom. The highest BCUT2D eigenvalue weighted by atomic mass is 79.9. The minimum atomic E-state index is -0.745. The number of carbonyl (C=O) groups is 1. The highest BCUT2D eigenvalue weighted by molar-refractivity contribution is 9.10. The Bertz CT molecular complexity index is 670. The van der Waals surface area contributed by atoms with Gasteiger partial charge in [0.1, 0.15) is 35.2 Å². The Kier molecular flexibility index (Phi) is 4.73. The van der Waals surface area contributed by atoms with E-state index in [0.717, 1.165) is 0 Å². The summed E-state index contributed by atoms with van der Waals surface area (Å²) in [6.45, 7) is -0.743. The summed E-state index contributed by atoms with van der Waals surface area (Å²) < 4.78 is 7.17. The van der Waals surface area contributed by atoms with E-state index >= 15 is 0 Å². The average molecular weight is 360 g/mol. The molecular weight excluding hydrogens is 346 g/mol. The van der Waals surface area contributed by atoms with Crippen LogP contribution in [0.1, 0.15) is 10.4 Å². The monoisotopic (exact) mass is 359 g/mol. The Hall–Kier alpha value is -1.75. The summed E-state index contributed by atoms with van der Waals surface area (Å²) in [5, 5.41) is 18.3. The van der Waals surface area contributed by atoms with Crippen LogP contribution in [0, 0.1) is 0 Å². The van der Waals surface area contributed by atoms with Crippen molar-refractivity contribution in [3.63, 3.8) is 0 Å². The van der Waals surface area contributed by atoms with E-state index in [1.54, 1.807) is 0 Å². The number of anilines is 1. The number of primary amides is 1. The van der Waals surface area contributed by atoms with Gasteiger partial charge in [0.15, 0.2) is 0 Å². The standard InChI is InChI=1S/C11H14BrN5O4/c12-8-6(10(14)20)7-9(13)15-3-16-11(7)17(8)4-21-5(1-18)2-19/h3,5,18-19H,1-2,4H2,(H2,14,20)(H2,13,15,16). The molecule has 0 radical (unpaired) electrons.